The summed E-state index contributed by atoms with van der Waals surface area (Å²) in [4.78, 5) is 12.9. The lowest BCUT2D eigenvalue weighted by atomic mass is 9.88. The van der Waals surface area contributed by atoms with Crippen LogP contribution in [0.25, 0.3) is 5.57 Å². The third-order valence-corrected chi connectivity index (χ3v) is 9.35. The second-order valence-corrected chi connectivity index (χ2v) is 13.3. The van der Waals surface area contributed by atoms with Crippen molar-refractivity contribution in [2.75, 3.05) is 31.8 Å². The molecule has 43 heavy (non-hydrogen) atoms. The molecule has 236 valence electrons. The molecular formula is C32H48N5O5P. The Balaban J connectivity index is 1.75. The molecule has 1 heterocycles. The highest BCUT2D eigenvalue weighted by molar-refractivity contribution is 7.44. The van der Waals surface area contributed by atoms with Crippen LogP contribution in [0.4, 0.5) is 22.7 Å². The van der Waals surface area contributed by atoms with Crippen LogP contribution in [0, 0.1) is 10.1 Å². The average molecular weight is 614 g/mol. The van der Waals surface area contributed by atoms with Gasteiger partial charge in [-0.2, -0.15) is 5.11 Å². The number of unbranched alkanes of at least 4 members (excludes halogenated alkanes) is 1. The Morgan fingerprint density at radius 3 is 2.26 bits per heavy atom. The van der Waals surface area contributed by atoms with E-state index >= 15 is 0 Å². The minimum absolute atomic E-state index is 0.0130. The van der Waals surface area contributed by atoms with Crippen LogP contribution in [0.3, 0.4) is 0 Å². The summed E-state index contributed by atoms with van der Waals surface area (Å²) in [7, 11) is 0.528. The fourth-order valence-electron chi connectivity index (χ4n) is 5.32. The topological polar surface area (TPSA) is 102 Å². The minimum atomic E-state index is -1.10. The van der Waals surface area contributed by atoms with Gasteiger partial charge in [0.05, 0.1) is 36.5 Å². The predicted molar refractivity (Wildman–Crippen MR) is 176 cm³/mol. The summed E-state index contributed by atoms with van der Waals surface area (Å²) in [6, 6.07) is 10.7. The highest BCUT2D eigenvalue weighted by Crippen LogP contribution is 2.47. The van der Waals surface area contributed by atoms with E-state index < -0.39 is 13.4 Å². The van der Waals surface area contributed by atoms with Crippen molar-refractivity contribution in [3.8, 4) is 5.75 Å². The lowest BCUT2D eigenvalue weighted by Crippen LogP contribution is -2.45. The number of anilines is 1. The molecule has 1 unspecified atom stereocenters. The number of hydrogen-bond donors (Lipinski definition) is 0. The van der Waals surface area contributed by atoms with Crippen molar-refractivity contribution in [2.45, 2.75) is 92.3 Å². The van der Waals surface area contributed by atoms with Crippen LogP contribution in [-0.2, 0) is 9.05 Å². The average Bonchev–Trinajstić information content (AvgIpc) is 2.94. The summed E-state index contributed by atoms with van der Waals surface area (Å²) in [5, 5.41) is 19.7. The molecule has 0 saturated heterocycles. The first kappa shape index (κ1) is 34.6. The molecular weight excluding hydrogens is 565 g/mol. The third kappa shape index (κ3) is 9.05. The van der Waals surface area contributed by atoms with Gasteiger partial charge in [0, 0.05) is 48.1 Å². The monoisotopic (exact) mass is 613 g/mol. The molecule has 0 aromatic heterocycles. The largest absolute Gasteiger partial charge is 0.494 e. The van der Waals surface area contributed by atoms with E-state index in [9.17, 15) is 10.1 Å². The smallest absolute Gasteiger partial charge is 0.269 e. The van der Waals surface area contributed by atoms with Gasteiger partial charge in [0.1, 0.15) is 11.4 Å². The van der Waals surface area contributed by atoms with E-state index in [4.69, 9.17) is 13.8 Å². The first-order valence-corrected chi connectivity index (χ1v) is 16.2. The molecule has 0 saturated carbocycles. The Bertz CT molecular complexity index is 1270. The molecule has 0 N–H and O–H groups in total. The molecule has 1 aliphatic heterocycles. The Kier molecular flexibility index (Phi) is 12.6. The van der Waals surface area contributed by atoms with Crippen LogP contribution in [0.5, 0.6) is 5.75 Å². The van der Waals surface area contributed by atoms with Crippen molar-refractivity contribution < 1.29 is 18.7 Å². The molecule has 2 aromatic rings. The number of benzene rings is 2. The Morgan fingerprint density at radius 1 is 1.02 bits per heavy atom. The molecule has 0 aliphatic carbocycles. The molecule has 1 atom stereocenters. The van der Waals surface area contributed by atoms with Gasteiger partial charge in [0.25, 0.3) is 14.2 Å². The molecule has 0 fully saturated rings. The van der Waals surface area contributed by atoms with Crippen molar-refractivity contribution in [3.05, 3.63) is 58.2 Å². The van der Waals surface area contributed by atoms with Crippen LogP contribution in [0.2, 0.25) is 0 Å². The second-order valence-electron chi connectivity index (χ2n) is 11.8. The summed E-state index contributed by atoms with van der Waals surface area (Å²) in [5.74, 6) is 0.615. The molecule has 2 aromatic carbocycles. The van der Waals surface area contributed by atoms with E-state index in [2.05, 4.69) is 81.3 Å². The zero-order valence-corrected chi connectivity index (χ0v) is 28.1. The maximum absolute atomic E-state index is 11.0. The fourth-order valence-corrected chi connectivity index (χ4v) is 7.04. The molecule has 10 nitrogen and oxygen atoms in total. The highest BCUT2D eigenvalue weighted by Gasteiger charge is 2.32. The predicted octanol–water partition coefficient (Wildman–Crippen LogP) is 9.59. The molecule has 0 bridgehead atoms. The highest BCUT2D eigenvalue weighted by atomic mass is 31.2. The van der Waals surface area contributed by atoms with Crippen LogP contribution >= 0.6 is 8.53 Å². The Morgan fingerprint density at radius 2 is 1.67 bits per heavy atom. The number of ether oxygens (including phenoxy) is 1. The molecule has 0 amide bonds. The summed E-state index contributed by atoms with van der Waals surface area (Å²) >= 11 is 0. The second kappa shape index (κ2) is 15.7. The van der Waals surface area contributed by atoms with Gasteiger partial charge in [-0.05, 0) is 91.5 Å². The van der Waals surface area contributed by atoms with Crippen LogP contribution in [0.1, 0.15) is 80.2 Å². The van der Waals surface area contributed by atoms with E-state index in [-0.39, 0.29) is 11.2 Å². The van der Waals surface area contributed by atoms with Gasteiger partial charge in [-0.25, -0.2) is 4.67 Å². The number of nitro benzene ring substituents is 1. The molecule has 1 aliphatic rings. The van der Waals surface area contributed by atoms with Crippen molar-refractivity contribution >= 4 is 36.8 Å². The normalized spacial score (nSPS) is 15.3. The van der Waals surface area contributed by atoms with E-state index in [0.29, 0.717) is 42.4 Å². The van der Waals surface area contributed by atoms with Gasteiger partial charge < -0.3 is 18.7 Å². The maximum Gasteiger partial charge on any atom is 0.269 e. The zero-order chi connectivity index (χ0) is 31.7. The third-order valence-electron chi connectivity index (χ3n) is 7.24. The SMILES string of the molecule is CCCOP(OCCCCN1c2cc(OC)c(N=Nc3ccc([N+](=O)[O-])cc3)cc2C(C)=CC1(C)C)N(C(C)C)C(C)C. The minimum Gasteiger partial charge on any atom is -0.494 e. The molecule has 3 rings (SSSR count). The zero-order valence-electron chi connectivity index (χ0n) is 27.2. The number of nitro groups is 1. The fraction of sp³-hybridized carbons (Fsp3) is 0.562. The van der Waals surface area contributed by atoms with Crippen molar-refractivity contribution in [1.82, 2.24) is 4.67 Å². The van der Waals surface area contributed by atoms with E-state index in [0.717, 1.165) is 42.6 Å². The number of hydrogen-bond acceptors (Lipinski definition) is 9. The van der Waals surface area contributed by atoms with Crippen molar-refractivity contribution in [3.63, 3.8) is 0 Å². The summed E-state index contributed by atoms with van der Waals surface area (Å²) in [5.41, 5.74) is 4.28. The number of azo groups is 1. The lowest BCUT2D eigenvalue weighted by molar-refractivity contribution is -0.384. The lowest BCUT2D eigenvalue weighted by Gasteiger charge is -2.43. The first-order chi connectivity index (χ1) is 20.4. The van der Waals surface area contributed by atoms with E-state index in [1.165, 1.54) is 12.1 Å². The van der Waals surface area contributed by atoms with Crippen LogP contribution < -0.4 is 9.64 Å². The van der Waals surface area contributed by atoms with Gasteiger partial charge in [0.2, 0.25) is 0 Å². The van der Waals surface area contributed by atoms with Gasteiger partial charge in [0.15, 0.2) is 0 Å². The molecule has 0 spiro atoms. The number of methoxy groups -OCH3 is 1. The quantitative estimate of drug-likeness (QED) is 0.0611. The van der Waals surface area contributed by atoms with Crippen molar-refractivity contribution in [2.24, 2.45) is 10.2 Å². The maximum atomic E-state index is 11.0. The van der Waals surface area contributed by atoms with Gasteiger partial charge >= 0.3 is 0 Å². The molecule has 0 radical (unpaired) electrons. The number of fused-ring (bicyclic) bond motifs is 1. The Labute approximate surface area is 258 Å². The summed E-state index contributed by atoms with van der Waals surface area (Å²) in [6.07, 6.45) is 5.13. The van der Waals surface area contributed by atoms with Gasteiger partial charge in [-0.1, -0.05) is 13.0 Å². The van der Waals surface area contributed by atoms with Crippen molar-refractivity contribution in [1.29, 1.82) is 0 Å². The van der Waals surface area contributed by atoms with E-state index in [1.807, 2.05) is 12.1 Å². The first-order valence-electron chi connectivity index (χ1n) is 15.1. The summed E-state index contributed by atoms with van der Waals surface area (Å²) in [6.45, 7) is 19.7. The molecule has 11 heteroatoms. The Hall–Kier alpha value is -2.91. The van der Waals surface area contributed by atoms with Gasteiger partial charge in [-0.15, -0.1) is 5.11 Å². The number of nitrogens with zero attached hydrogens (tertiary/aromatic N) is 5. The number of rotatable bonds is 16. The van der Waals surface area contributed by atoms with Gasteiger partial charge in [-0.3, -0.25) is 10.1 Å². The van der Waals surface area contributed by atoms with E-state index in [1.54, 1.807) is 19.2 Å². The standard InChI is InChI=1S/C32H48N5O5P/c1-10-18-41-43(36(23(2)3)24(4)5)42-19-12-11-17-35-30-21-31(40-9)29(20-28(30)25(6)22-32(35,7)8)34-33-26-13-15-27(16-14-26)37(38)39/h13-16,20-24H,10-12,17-19H2,1-9H3. The summed E-state index contributed by atoms with van der Waals surface area (Å²) < 4.78 is 20.6. The number of allylic oxidation sites excluding steroid dienone is 1. The van der Waals surface area contributed by atoms with Crippen LogP contribution in [0.15, 0.2) is 52.7 Å². The van der Waals surface area contributed by atoms with Crippen LogP contribution in [-0.4, -0.2) is 54.1 Å². The number of non-ortho nitro benzene ring substituents is 1.